The van der Waals surface area contributed by atoms with Crippen LogP contribution in [0.1, 0.15) is 6.92 Å². The fourth-order valence-electron chi connectivity index (χ4n) is 1.44. The smallest absolute Gasteiger partial charge is 0.182 e. The Labute approximate surface area is 82.9 Å². The lowest BCUT2D eigenvalue weighted by Gasteiger charge is -2.00. The number of nitrogens with zero attached hydrogens (tertiary/aromatic N) is 1. The molecule has 2 aromatic rings. The molecule has 14 heavy (non-hydrogen) atoms. The highest BCUT2D eigenvalue weighted by Gasteiger charge is 2.10. The van der Waals surface area contributed by atoms with Crippen molar-refractivity contribution in [1.29, 1.82) is 5.41 Å². The molecule has 0 amide bonds. The number of aryl methyl sites for hydroxylation is 1. The lowest BCUT2D eigenvalue weighted by molar-refractivity contribution is 0.584. The fourth-order valence-corrected chi connectivity index (χ4v) is 2.46. The first kappa shape index (κ1) is 9.33. The molecule has 0 aliphatic heterocycles. The van der Waals surface area contributed by atoms with E-state index in [-0.39, 0.29) is 4.80 Å². The molecule has 0 atom stereocenters. The normalized spacial score (nSPS) is 11.1. The van der Waals surface area contributed by atoms with Crippen molar-refractivity contribution < 1.29 is 8.78 Å². The number of rotatable bonds is 1. The van der Waals surface area contributed by atoms with Crippen LogP contribution in [-0.2, 0) is 6.54 Å². The molecule has 0 aliphatic rings. The van der Waals surface area contributed by atoms with Gasteiger partial charge in [-0.25, -0.2) is 8.78 Å². The lowest BCUT2D eigenvalue weighted by atomic mass is 10.3. The topological polar surface area (TPSA) is 28.8 Å². The second-order valence-electron chi connectivity index (χ2n) is 2.89. The van der Waals surface area contributed by atoms with Crippen molar-refractivity contribution in [3.8, 4) is 0 Å². The highest BCUT2D eigenvalue weighted by Crippen LogP contribution is 2.21. The van der Waals surface area contributed by atoms with E-state index in [4.69, 9.17) is 5.41 Å². The summed E-state index contributed by atoms with van der Waals surface area (Å²) in [6, 6.07) is 2.11. The third-order valence-electron chi connectivity index (χ3n) is 2.03. The summed E-state index contributed by atoms with van der Waals surface area (Å²) in [4.78, 5) is 0.243. The van der Waals surface area contributed by atoms with Crippen LogP contribution >= 0.6 is 11.3 Å². The Morgan fingerprint density at radius 3 is 2.79 bits per heavy atom. The first-order valence-electron chi connectivity index (χ1n) is 4.16. The highest BCUT2D eigenvalue weighted by atomic mass is 32.1. The van der Waals surface area contributed by atoms with E-state index >= 15 is 0 Å². The zero-order valence-corrected chi connectivity index (χ0v) is 8.29. The van der Waals surface area contributed by atoms with Crippen LogP contribution in [0.3, 0.4) is 0 Å². The summed E-state index contributed by atoms with van der Waals surface area (Å²) in [6.07, 6.45) is 0. The van der Waals surface area contributed by atoms with E-state index in [0.29, 0.717) is 16.8 Å². The van der Waals surface area contributed by atoms with Crippen LogP contribution < -0.4 is 4.80 Å². The van der Waals surface area contributed by atoms with Gasteiger partial charge in [-0.05, 0) is 13.0 Å². The summed E-state index contributed by atoms with van der Waals surface area (Å²) in [5.41, 5.74) is 0.323. The molecular formula is C9H8F2N2S. The van der Waals surface area contributed by atoms with Crippen LogP contribution in [-0.4, -0.2) is 4.57 Å². The monoisotopic (exact) mass is 214 g/mol. The molecule has 0 unspecified atom stereocenters. The van der Waals surface area contributed by atoms with Gasteiger partial charge in [0, 0.05) is 12.6 Å². The van der Waals surface area contributed by atoms with Gasteiger partial charge in [0.2, 0.25) is 0 Å². The van der Waals surface area contributed by atoms with Crippen molar-refractivity contribution in [3.05, 3.63) is 28.6 Å². The number of fused-ring (bicyclic) bond motifs is 1. The number of hydrogen-bond acceptors (Lipinski definition) is 2. The molecule has 0 bridgehead atoms. The van der Waals surface area contributed by atoms with Gasteiger partial charge < -0.3 is 4.57 Å². The maximum atomic E-state index is 13.4. The molecule has 74 valence electrons. The molecular weight excluding hydrogens is 206 g/mol. The Morgan fingerprint density at radius 2 is 2.14 bits per heavy atom. The molecule has 1 N–H and O–H groups in total. The lowest BCUT2D eigenvalue weighted by Crippen LogP contribution is -2.11. The molecule has 2 nitrogen and oxygen atoms in total. The van der Waals surface area contributed by atoms with E-state index in [9.17, 15) is 8.78 Å². The molecule has 1 aromatic heterocycles. The zero-order chi connectivity index (χ0) is 10.3. The summed E-state index contributed by atoms with van der Waals surface area (Å²) < 4.78 is 28.2. The van der Waals surface area contributed by atoms with E-state index < -0.39 is 11.6 Å². The van der Waals surface area contributed by atoms with Gasteiger partial charge in [0.1, 0.15) is 5.82 Å². The molecule has 2 rings (SSSR count). The second-order valence-corrected chi connectivity index (χ2v) is 3.92. The third-order valence-corrected chi connectivity index (χ3v) is 2.98. The second kappa shape index (κ2) is 3.16. The van der Waals surface area contributed by atoms with E-state index in [0.717, 1.165) is 17.4 Å². The fraction of sp³-hybridized carbons (Fsp3) is 0.222. The standard InChI is InChI=1S/C9H8F2N2S/c1-2-13-8-6(11)3-5(10)4-7(8)14-9(13)12/h3-4,12H,2H2,1H3. The van der Waals surface area contributed by atoms with Gasteiger partial charge in [0.15, 0.2) is 10.6 Å². The first-order valence-corrected chi connectivity index (χ1v) is 4.98. The van der Waals surface area contributed by atoms with Gasteiger partial charge in [0.25, 0.3) is 0 Å². The van der Waals surface area contributed by atoms with Crippen LogP contribution in [0, 0.1) is 17.0 Å². The van der Waals surface area contributed by atoms with E-state index in [1.54, 1.807) is 0 Å². The van der Waals surface area contributed by atoms with Crippen molar-refractivity contribution in [2.45, 2.75) is 13.5 Å². The molecule has 0 saturated carbocycles. The number of halogens is 2. The van der Waals surface area contributed by atoms with Crippen molar-refractivity contribution >= 4 is 21.6 Å². The Hall–Kier alpha value is -1.23. The van der Waals surface area contributed by atoms with Gasteiger partial charge in [-0.3, -0.25) is 5.41 Å². The Kier molecular flexibility index (Phi) is 2.11. The van der Waals surface area contributed by atoms with Crippen LogP contribution in [0.15, 0.2) is 12.1 Å². The highest BCUT2D eigenvalue weighted by molar-refractivity contribution is 7.16. The minimum atomic E-state index is -0.600. The largest absolute Gasteiger partial charge is 0.315 e. The number of hydrogen-bond donors (Lipinski definition) is 1. The van der Waals surface area contributed by atoms with Crippen LogP contribution in [0.4, 0.5) is 8.78 Å². The number of thiazole rings is 1. The van der Waals surface area contributed by atoms with Gasteiger partial charge >= 0.3 is 0 Å². The van der Waals surface area contributed by atoms with Crippen molar-refractivity contribution in [3.63, 3.8) is 0 Å². The van der Waals surface area contributed by atoms with E-state index in [2.05, 4.69) is 0 Å². The molecule has 0 radical (unpaired) electrons. The Balaban J connectivity index is 2.95. The van der Waals surface area contributed by atoms with Gasteiger partial charge in [-0.2, -0.15) is 0 Å². The zero-order valence-electron chi connectivity index (χ0n) is 7.47. The summed E-state index contributed by atoms with van der Waals surface area (Å²) in [6.45, 7) is 2.34. The predicted octanol–water partition coefficient (Wildman–Crippen LogP) is 2.48. The summed E-state index contributed by atoms with van der Waals surface area (Å²) in [7, 11) is 0. The molecule has 0 aliphatic carbocycles. The van der Waals surface area contributed by atoms with E-state index in [1.165, 1.54) is 10.6 Å². The van der Waals surface area contributed by atoms with Crippen molar-refractivity contribution in [1.82, 2.24) is 4.57 Å². The summed E-state index contributed by atoms with van der Waals surface area (Å²) in [5.74, 6) is -1.20. The van der Waals surface area contributed by atoms with Crippen molar-refractivity contribution in [2.24, 2.45) is 0 Å². The maximum absolute atomic E-state index is 13.4. The van der Waals surface area contributed by atoms with E-state index in [1.807, 2.05) is 6.92 Å². The van der Waals surface area contributed by atoms with Gasteiger partial charge in [-0.15, -0.1) is 0 Å². The quantitative estimate of drug-likeness (QED) is 0.755. The van der Waals surface area contributed by atoms with Crippen LogP contribution in [0.2, 0.25) is 0 Å². The molecule has 5 heteroatoms. The van der Waals surface area contributed by atoms with Gasteiger partial charge in [0.05, 0.1) is 10.2 Å². The van der Waals surface area contributed by atoms with Gasteiger partial charge in [-0.1, -0.05) is 11.3 Å². The van der Waals surface area contributed by atoms with Crippen LogP contribution in [0.5, 0.6) is 0 Å². The van der Waals surface area contributed by atoms with Crippen LogP contribution in [0.25, 0.3) is 10.2 Å². The average molecular weight is 214 g/mol. The average Bonchev–Trinajstić information content (AvgIpc) is 2.40. The Morgan fingerprint density at radius 1 is 1.43 bits per heavy atom. The molecule has 1 heterocycles. The molecule has 0 saturated heterocycles. The third kappa shape index (κ3) is 1.24. The Bertz CT molecular complexity index is 541. The molecule has 0 fully saturated rings. The number of benzene rings is 1. The number of aromatic nitrogens is 1. The maximum Gasteiger partial charge on any atom is 0.182 e. The SMILES string of the molecule is CCn1c(=N)sc2cc(F)cc(F)c21. The first-order chi connectivity index (χ1) is 6.63. The molecule has 1 aromatic carbocycles. The summed E-state index contributed by atoms with van der Waals surface area (Å²) >= 11 is 1.08. The molecule has 0 spiro atoms. The van der Waals surface area contributed by atoms with Crippen molar-refractivity contribution in [2.75, 3.05) is 0 Å². The predicted molar refractivity (Wildman–Crippen MR) is 51.3 cm³/mol. The minimum absolute atomic E-state index is 0.243. The number of nitrogens with one attached hydrogen (secondary N) is 1. The summed E-state index contributed by atoms with van der Waals surface area (Å²) in [5, 5.41) is 7.56. The minimum Gasteiger partial charge on any atom is -0.315 e.